The first-order valence-corrected chi connectivity index (χ1v) is 7.60. The zero-order valence-electron chi connectivity index (χ0n) is 10.6. The second-order valence-electron chi connectivity index (χ2n) is 4.69. The molecule has 0 aliphatic carbocycles. The number of anilines is 1. The molecular weight excluding hydrogens is 321 g/mol. The highest BCUT2D eigenvalue weighted by molar-refractivity contribution is 6.40. The van der Waals surface area contributed by atoms with E-state index >= 15 is 0 Å². The van der Waals surface area contributed by atoms with Gasteiger partial charge in [0.15, 0.2) is 27.3 Å². The van der Waals surface area contributed by atoms with E-state index in [4.69, 9.17) is 34.8 Å². The van der Waals surface area contributed by atoms with Crippen LogP contribution in [-0.4, -0.2) is 33.0 Å². The third-order valence-corrected chi connectivity index (χ3v) is 4.10. The lowest BCUT2D eigenvalue weighted by atomic mass is 10.2. The van der Waals surface area contributed by atoms with Crippen molar-refractivity contribution >= 4 is 51.8 Å². The second kappa shape index (κ2) is 5.84. The molecule has 0 atom stereocenters. The van der Waals surface area contributed by atoms with E-state index < -0.39 is 0 Å². The fourth-order valence-corrected chi connectivity index (χ4v) is 2.78. The maximum atomic E-state index is 5.98. The average Bonchev–Trinajstić information content (AvgIpc) is 2.69. The Balaban J connectivity index is 2.15. The van der Waals surface area contributed by atoms with Crippen molar-refractivity contribution < 1.29 is 0 Å². The predicted octanol–water partition coefficient (Wildman–Crippen LogP) is 3.76. The van der Waals surface area contributed by atoms with E-state index in [1.165, 1.54) is 12.8 Å². The molecule has 1 saturated heterocycles. The highest BCUT2D eigenvalue weighted by Gasteiger charge is 2.19. The van der Waals surface area contributed by atoms with Crippen LogP contribution in [0, 0.1) is 0 Å². The van der Waals surface area contributed by atoms with Crippen LogP contribution >= 0.6 is 34.8 Å². The van der Waals surface area contributed by atoms with Crippen LogP contribution in [-0.2, 0) is 0 Å². The highest BCUT2D eigenvalue weighted by Crippen LogP contribution is 2.28. The quantitative estimate of drug-likeness (QED) is 0.744. The van der Waals surface area contributed by atoms with Gasteiger partial charge >= 0.3 is 0 Å². The van der Waals surface area contributed by atoms with Gasteiger partial charge in [0, 0.05) is 13.1 Å². The number of aromatic nitrogens is 4. The van der Waals surface area contributed by atoms with Crippen molar-refractivity contribution in [2.45, 2.75) is 25.7 Å². The van der Waals surface area contributed by atoms with Gasteiger partial charge in [-0.1, -0.05) is 36.0 Å². The van der Waals surface area contributed by atoms with E-state index in [0.29, 0.717) is 17.0 Å². The zero-order chi connectivity index (χ0) is 14.1. The van der Waals surface area contributed by atoms with Gasteiger partial charge in [-0.2, -0.15) is 9.97 Å². The molecule has 8 heteroatoms. The summed E-state index contributed by atoms with van der Waals surface area (Å²) in [7, 11) is 0. The van der Waals surface area contributed by atoms with Crippen LogP contribution in [0.5, 0.6) is 0 Å². The third-order valence-electron chi connectivity index (χ3n) is 3.31. The van der Waals surface area contributed by atoms with Crippen LogP contribution < -0.4 is 4.90 Å². The number of fused-ring (bicyclic) bond motifs is 1. The molecule has 0 spiro atoms. The molecule has 1 aliphatic heterocycles. The summed E-state index contributed by atoms with van der Waals surface area (Å²) in [6, 6.07) is 0. The lowest BCUT2D eigenvalue weighted by Crippen LogP contribution is -2.25. The average molecular weight is 333 g/mol. The molecule has 0 amide bonds. The van der Waals surface area contributed by atoms with Crippen LogP contribution in [0.2, 0.25) is 15.6 Å². The summed E-state index contributed by atoms with van der Waals surface area (Å²) in [6.07, 6.45) is 4.70. The van der Waals surface area contributed by atoms with E-state index in [1.807, 2.05) is 0 Å². The van der Waals surface area contributed by atoms with Crippen molar-refractivity contribution in [1.29, 1.82) is 0 Å². The number of hydrogen-bond acceptors (Lipinski definition) is 5. The monoisotopic (exact) mass is 331 g/mol. The van der Waals surface area contributed by atoms with Crippen molar-refractivity contribution in [3.05, 3.63) is 15.6 Å². The van der Waals surface area contributed by atoms with Crippen molar-refractivity contribution in [1.82, 2.24) is 19.9 Å². The summed E-state index contributed by atoms with van der Waals surface area (Å²) in [4.78, 5) is 18.9. The largest absolute Gasteiger partial charge is 0.355 e. The minimum atomic E-state index is 0.121. The minimum absolute atomic E-state index is 0.121. The Morgan fingerprint density at radius 1 is 0.750 bits per heavy atom. The van der Waals surface area contributed by atoms with Crippen LogP contribution in [0.1, 0.15) is 25.7 Å². The fourth-order valence-electron chi connectivity index (χ4n) is 2.37. The molecule has 20 heavy (non-hydrogen) atoms. The van der Waals surface area contributed by atoms with Gasteiger partial charge in [0.25, 0.3) is 0 Å². The molecule has 1 aliphatic rings. The first-order valence-electron chi connectivity index (χ1n) is 6.46. The maximum Gasteiger partial charge on any atom is 0.226 e. The lowest BCUT2D eigenvalue weighted by molar-refractivity contribution is 0.726. The lowest BCUT2D eigenvalue weighted by Gasteiger charge is -2.22. The van der Waals surface area contributed by atoms with Gasteiger partial charge in [-0.15, -0.1) is 0 Å². The topological polar surface area (TPSA) is 54.8 Å². The van der Waals surface area contributed by atoms with Gasteiger partial charge in [-0.3, -0.25) is 0 Å². The molecule has 106 valence electrons. The summed E-state index contributed by atoms with van der Waals surface area (Å²) in [5, 5.41) is 0.418. The van der Waals surface area contributed by atoms with E-state index in [0.717, 1.165) is 25.9 Å². The van der Waals surface area contributed by atoms with Gasteiger partial charge in [-0.05, 0) is 24.4 Å². The molecule has 2 aromatic rings. The Morgan fingerprint density at radius 3 is 2.10 bits per heavy atom. The number of halogens is 3. The molecule has 0 saturated carbocycles. The smallest absolute Gasteiger partial charge is 0.226 e. The molecule has 0 N–H and O–H groups in total. The van der Waals surface area contributed by atoms with Gasteiger partial charge in [0.05, 0.1) is 0 Å². The van der Waals surface area contributed by atoms with Crippen molar-refractivity contribution in [2.24, 2.45) is 0 Å². The van der Waals surface area contributed by atoms with Crippen LogP contribution in [0.3, 0.4) is 0 Å². The Bertz CT molecular complexity index is 641. The molecule has 1 fully saturated rings. The van der Waals surface area contributed by atoms with Crippen LogP contribution in [0.25, 0.3) is 11.2 Å². The fraction of sp³-hybridized carbons (Fsp3) is 0.500. The minimum Gasteiger partial charge on any atom is -0.355 e. The maximum absolute atomic E-state index is 5.98. The predicted molar refractivity (Wildman–Crippen MR) is 80.8 cm³/mol. The van der Waals surface area contributed by atoms with Gasteiger partial charge < -0.3 is 4.90 Å². The SMILES string of the molecule is Clc1nc(N2CCCCCC2)c2nc(Cl)c(Cl)nc2n1. The molecular formula is C12H12Cl3N5. The first kappa shape index (κ1) is 14.0. The molecule has 3 rings (SSSR count). The Kier molecular flexibility index (Phi) is 4.10. The summed E-state index contributed by atoms with van der Waals surface area (Å²) in [5.41, 5.74) is 0.921. The summed E-state index contributed by atoms with van der Waals surface area (Å²) < 4.78 is 0. The summed E-state index contributed by atoms with van der Waals surface area (Å²) >= 11 is 17.8. The number of hydrogen-bond donors (Lipinski definition) is 0. The molecule has 2 aromatic heterocycles. The Labute approximate surface area is 131 Å². The van der Waals surface area contributed by atoms with Crippen LogP contribution in [0.15, 0.2) is 0 Å². The third kappa shape index (κ3) is 2.75. The number of nitrogens with zero attached hydrogens (tertiary/aromatic N) is 5. The van der Waals surface area contributed by atoms with Gasteiger partial charge in [-0.25, -0.2) is 9.97 Å². The Hall–Kier alpha value is -0.910. The molecule has 0 unspecified atom stereocenters. The molecule has 0 aromatic carbocycles. The summed E-state index contributed by atoms with van der Waals surface area (Å²) in [6.45, 7) is 1.84. The second-order valence-corrected chi connectivity index (χ2v) is 5.75. The van der Waals surface area contributed by atoms with E-state index in [2.05, 4.69) is 24.8 Å². The van der Waals surface area contributed by atoms with Crippen molar-refractivity contribution in [3.8, 4) is 0 Å². The van der Waals surface area contributed by atoms with Gasteiger partial charge in [0.2, 0.25) is 5.28 Å². The first-order chi connectivity index (χ1) is 9.65. The molecule has 0 radical (unpaired) electrons. The van der Waals surface area contributed by atoms with E-state index in [9.17, 15) is 0 Å². The van der Waals surface area contributed by atoms with Crippen molar-refractivity contribution in [2.75, 3.05) is 18.0 Å². The van der Waals surface area contributed by atoms with E-state index in [1.54, 1.807) is 0 Å². The van der Waals surface area contributed by atoms with E-state index in [-0.39, 0.29) is 15.6 Å². The van der Waals surface area contributed by atoms with Gasteiger partial charge in [0.1, 0.15) is 0 Å². The number of rotatable bonds is 1. The van der Waals surface area contributed by atoms with Crippen LogP contribution in [0.4, 0.5) is 5.82 Å². The summed E-state index contributed by atoms with van der Waals surface area (Å²) in [5.74, 6) is 0.688. The Morgan fingerprint density at radius 2 is 1.40 bits per heavy atom. The normalized spacial score (nSPS) is 16.4. The zero-order valence-corrected chi connectivity index (χ0v) is 12.9. The molecule has 0 bridgehead atoms. The highest BCUT2D eigenvalue weighted by atomic mass is 35.5. The van der Waals surface area contributed by atoms with Crippen molar-refractivity contribution in [3.63, 3.8) is 0 Å². The standard InChI is InChI=1S/C12H12Cl3N5/c13-8-9(14)17-10-7(16-8)11(19-12(15)18-10)20-5-3-1-2-4-6-20/h1-6H2. The molecule has 3 heterocycles. The molecule has 5 nitrogen and oxygen atoms in total.